The molecule has 0 aromatic heterocycles. The van der Waals surface area contributed by atoms with E-state index in [1.54, 1.807) is 45.5 Å². The van der Waals surface area contributed by atoms with Gasteiger partial charge in [-0.25, -0.2) is 13.1 Å². The second-order valence-corrected chi connectivity index (χ2v) is 10.5. The van der Waals surface area contributed by atoms with E-state index in [0.29, 0.717) is 12.1 Å². The van der Waals surface area contributed by atoms with Crippen LogP contribution in [0.3, 0.4) is 0 Å². The number of hydrogen-bond donors (Lipinski definition) is 2. The van der Waals surface area contributed by atoms with Crippen LogP contribution in [-0.4, -0.2) is 32.2 Å². The van der Waals surface area contributed by atoms with Gasteiger partial charge in [0.05, 0.1) is 4.90 Å². The Hall–Kier alpha value is -1.83. The van der Waals surface area contributed by atoms with Crippen molar-refractivity contribution >= 4 is 27.7 Å². The maximum Gasteiger partial charge on any atom is 0.251 e. The highest BCUT2D eigenvalue weighted by Crippen LogP contribution is 2.19. The van der Waals surface area contributed by atoms with E-state index in [4.69, 9.17) is 0 Å². The average Bonchev–Trinajstić information content (AvgIpc) is 2.60. The number of hydrogen-bond acceptors (Lipinski definition) is 4. The molecule has 0 atom stereocenters. The number of sulfonamides is 1. The van der Waals surface area contributed by atoms with E-state index in [1.165, 1.54) is 17.0 Å². The van der Waals surface area contributed by atoms with Gasteiger partial charge in [-0.3, -0.25) is 4.79 Å². The maximum atomic E-state index is 12.5. The Bertz CT molecular complexity index is 905. The minimum absolute atomic E-state index is 0.0952. The van der Waals surface area contributed by atoms with Crippen LogP contribution < -0.4 is 10.0 Å². The summed E-state index contributed by atoms with van der Waals surface area (Å²) in [5.41, 5.74) is 0.529. The topological polar surface area (TPSA) is 75.3 Å². The van der Waals surface area contributed by atoms with E-state index < -0.39 is 15.6 Å². The monoisotopic (exact) mass is 420 g/mol. The third-order valence-electron chi connectivity index (χ3n) is 3.82. The second-order valence-electron chi connectivity index (χ2n) is 7.60. The van der Waals surface area contributed by atoms with Gasteiger partial charge in [-0.2, -0.15) is 0 Å². The molecule has 0 aliphatic rings. The second kappa shape index (κ2) is 9.58. The van der Waals surface area contributed by atoms with E-state index >= 15 is 0 Å². The summed E-state index contributed by atoms with van der Waals surface area (Å²) in [6.45, 7) is 7.67. The molecule has 0 bridgehead atoms. The highest BCUT2D eigenvalue weighted by Gasteiger charge is 2.23. The van der Waals surface area contributed by atoms with Gasteiger partial charge in [0, 0.05) is 22.5 Å². The fourth-order valence-corrected chi connectivity index (χ4v) is 4.87. The number of aryl methyl sites for hydroxylation is 1. The van der Waals surface area contributed by atoms with Gasteiger partial charge in [-0.05, 0) is 69.7 Å². The first-order valence-electron chi connectivity index (χ1n) is 9.19. The molecule has 152 valence electrons. The summed E-state index contributed by atoms with van der Waals surface area (Å²) in [6, 6.07) is 14.7. The Morgan fingerprint density at radius 2 is 1.75 bits per heavy atom. The molecule has 5 nitrogen and oxygen atoms in total. The van der Waals surface area contributed by atoms with E-state index in [1.807, 2.05) is 18.2 Å². The predicted octanol–water partition coefficient (Wildman–Crippen LogP) is 3.98. The SMILES string of the molecule is Cc1ccc(S(=O)(=O)NC(C)(C)C)cc1C(=O)NCCCSc1ccccc1. The quantitative estimate of drug-likeness (QED) is 0.500. The van der Waals surface area contributed by atoms with E-state index in [0.717, 1.165) is 17.7 Å². The zero-order valence-corrected chi connectivity index (χ0v) is 18.4. The molecule has 28 heavy (non-hydrogen) atoms. The molecule has 0 saturated carbocycles. The average molecular weight is 421 g/mol. The minimum atomic E-state index is -3.68. The number of thioether (sulfide) groups is 1. The van der Waals surface area contributed by atoms with Crippen LogP contribution in [0.1, 0.15) is 43.1 Å². The third-order valence-corrected chi connectivity index (χ3v) is 6.68. The summed E-state index contributed by atoms with van der Waals surface area (Å²) in [6.07, 6.45) is 0.827. The van der Waals surface area contributed by atoms with E-state index in [2.05, 4.69) is 22.2 Å². The number of carbonyl (C=O) groups is 1. The van der Waals surface area contributed by atoms with Crippen LogP contribution in [0.2, 0.25) is 0 Å². The fraction of sp³-hybridized carbons (Fsp3) is 0.381. The summed E-state index contributed by atoms with van der Waals surface area (Å²) in [5, 5.41) is 2.89. The molecule has 0 saturated heterocycles. The van der Waals surface area contributed by atoms with Crippen LogP contribution in [0.5, 0.6) is 0 Å². The van der Waals surface area contributed by atoms with E-state index in [-0.39, 0.29) is 10.8 Å². The summed E-state index contributed by atoms with van der Waals surface area (Å²) in [5.74, 6) is 0.641. The molecule has 0 radical (unpaired) electrons. The van der Waals surface area contributed by atoms with Crippen LogP contribution in [0, 0.1) is 6.92 Å². The van der Waals surface area contributed by atoms with Crippen molar-refractivity contribution in [3.63, 3.8) is 0 Å². The van der Waals surface area contributed by atoms with Crippen molar-refractivity contribution in [2.75, 3.05) is 12.3 Å². The van der Waals surface area contributed by atoms with Gasteiger partial charge in [0.25, 0.3) is 5.91 Å². The summed E-state index contributed by atoms with van der Waals surface area (Å²) >= 11 is 1.74. The van der Waals surface area contributed by atoms with Crippen LogP contribution in [-0.2, 0) is 10.0 Å². The van der Waals surface area contributed by atoms with Gasteiger partial charge in [0.1, 0.15) is 0 Å². The van der Waals surface area contributed by atoms with Crippen molar-refractivity contribution in [2.45, 2.75) is 49.4 Å². The summed E-state index contributed by atoms with van der Waals surface area (Å²) in [4.78, 5) is 13.8. The summed E-state index contributed by atoms with van der Waals surface area (Å²) < 4.78 is 27.7. The molecule has 0 unspecified atom stereocenters. The Morgan fingerprint density at radius 3 is 2.39 bits per heavy atom. The molecule has 0 fully saturated rings. The van der Waals surface area contributed by atoms with Crippen molar-refractivity contribution in [3.8, 4) is 0 Å². The van der Waals surface area contributed by atoms with Crippen molar-refractivity contribution in [1.82, 2.24) is 10.0 Å². The molecular weight excluding hydrogens is 392 g/mol. The molecule has 2 rings (SSSR count). The Balaban J connectivity index is 1.95. The van der Waals surface area contributed by atoms with Crippen molar-refractivity contribution in [2.24, 2.45) is 0 Å². The number of amides is 1. The molecule has 0 aliphatic carbocycles. The molecule has 0 heterocycles. The van der Waals surface area contributed by atoms with Crippen LogP contribution >= 0.6 is 11.8 Å². The highest BCUT2D eigenvalue weighted by molar-refractivity contribution is 7.99. The third kappa shape index (κ3) is 6.96. The Kier molecular flexibility index (Phi) is 7.69. The van der Waals surface area contributed by atoms with Crippen LogP contribution in [0.25, 0.3) is 0 Å². The van der Waals surface area contributed by atoms with Crippen molar-refractivity contribution < 1.29 is 13.2 Å². The van der Waals surface area contributed by atoms with Gasteiger partial charge < -0.3 is 5.32 Å². The summed E-state index contributed by atoms with van der Waals surface area (Å²) in [7, 11) is -3.68. The first-order valence-corrected chi connectivity index (χ1v) is 11.7. The fourth-order valence-electron chi connectivity index (χ4n) is 2.55. The zero-order chi connectivity index (χ0) is 20.8. The van der Waals surface area contributed by atoms with Crippen molar-refractivity contribution in [3.05, 3.63) is 59.7 Å². The lowest BCUT2D eigenvalue weighted by Crippen LogP contribution is -2.40. The first kappa shape index (κ1) is 22.5. The number of benzene rings is 2. The molecule has 2 aromatic rings. The van der Waals surface area contributed by atoms with Crippen LogP contribution in [0.4, 0.5) is 0 Å². The highest BCUT2D eigenvalue weighted by atomic mass is 32.2. The van der Waals surface area contributed by atoms with Gasteiger partial charge >= 0.3 is 0 Å². The van der Waals surface area contributed by atoms with Gasteiger partial charge in [-0.15, -0.1) is 11.8 Å². The lowest BCUT2D eigenvalue weighted by atomic mass is 10.1. The van der Waals surface area contributed by atoms with Crippen LogP contribution in [0.15, 0.2) is 58.3 Å². The molecule has 7 heteroatoms. The number of nitrogens with one attached hydrogen (secondary N) is 2. The predicted molar refractivity (Wildman–Crippen MR) is 115 cm³/mol. The standard InChI is InChI=1S/C21H28N2O3S2/c1-16-11-12-18(28(25,26)23-21(2,3)4)15-19(16)20(24)22-13-8-14-27-17-9-6-5-7-10-17/h5-7,9-12,15,23H,8,13-14H2,1-4H3,(H,22,24). The van der Waals surface area contributed by atoms with Gasteiger partial charge in [0.2, 0.25) is 10.0 Å². The van der Waals surface area contributed by atoms with Gasteiger partial charge in [-0.1, -0.05) is 24.3 Å². The number of rotatable bonds is 8. The largest absolute Gasteiger partial charge is 0.352 e. The number of carbonyl (C=O) groups excluding carboxylic acids is 1. The Labute approximate surface area is 172 Å². The van der Waals surface area contributed by atoms with E-state index in [9.17, 15) is 13.2 Å². The molecule has 0 spiro atoms. The smallest absolute Gasteiger partial charge is 0.251 e. The first-order chi connectivity index (χ1) is 13.1. The zero-order valence-electron chi connectivity index (χ0n) is 16.8. The normalized spacial score (nSPS) is 12.0. The molecule has 1 amide bonds. The lowest BCUT2D eigenvalue weighted by molar-refractivity contribution is 0.0953. The van der Waals surface area contributed by atoms with Crippen molar-refractivity contribution in [1.29, 1.82) is 0 Å². The minimum Gasteiger partial charge on any atom is -0.352 e. The molecule has 2 aromatic carbocycles. The molecule has 2 N–H and O–H groups in total. The van der Waals surface area contributed by atoms with Gasteiger partial charge in [0.15, 0.2) is 0 Å². The Morgan fingerprint density at radius 1 is 1.07 bits per heavy atom. The lowest BCUT2D eigenvalue weighted by Gasteiger charge is -2.20. The molecule has 0 aliphatic heterocycles. The maximum absolute atomic E-state index is 12.5. The molecular formula is C21H28N2O3S2.